The topological polar surface area (TPSA) is 68.7 Å². The first-order valence-electron chi connectivity index (χ1n) is 10.2. The first-order chi connectivity index (χ1) is 14.9. The molecule has 6 nitrogen and oxygen atoms in total. The molecule has 0 atom stereocenters. The normalized spacial score (nSPS) is 15.1. The van der Waals surface area contributed by atoms with Crippen molar-refractivity contribution >= 4 is 26.3 Å². The summed E-state index contributed by atoms with van der Waals surface area (Å²) in [6.45, 7) is 3.38. The predicted molar refractivity (Wildman–Crippen MR) is 124 cm³/mol. The van der Waals surface area contributed by atoms with E-state index in [1.807, 2.05) is 6.07 Å². The maximum Gasteiger partial charge on any atom is 0.185 e. The van der Waals surface area contributed by atoms with E-state index >= 15 is 0 Å². The lowest BCUT2D eigenvalue weighted by atomic mass is 10.1. The Kier molecular flexibility index (Phi) is 6.20. The molecule has 0 spiro atoms. The number of hydrogen-bond donors (Lipinski definition) is 0. The maximum absolute atomic E-state index is 13.3. The van der Waals surface area contributed by atoms with Crippen molar-refractivity contribution in [2.45, 2.75) is 29.9 Å². The highest BCUT2D eigenvalue weighted by molar-refractivity contribution is 7.92. The van der Waals surface area contributed by atoms with Crippen molar-refractivity contribution in [3.63, 3.8) is 0 Å². The number of benzene rings is 2. The van der Waals surface area contributed by atoms with Gasteiger partial charge in [-0.2, -0.15) is 0 Å². The van der Waals surface area contributed by atoms with Crippen LogP contribution < -0.4 is 14.4 Å². The molecule has 1 aromatic heterocycles. The molecule has 0 saturated carbocycles. The standard InChI is InChI=1S/C23H26N2O4S2/c1-16-5-4-6-17(13-16)20-15-30-23(24-20)25-11-9-19(10-12-25)31(26,27)22-8-7-18(28-2)14-21(22)29-3/h4-8,13-15,19H,9-12H2,1-3H3. The first-order valence-corrected chi connectivity index (χ1v) is 12.6. The Hall–Kier alpha value is -2.58. The third-order valence-corrected chi connectivity index (χ3v) is 8.84. The Morgan fingerprint density at radius 3 is 2.52 bits per heavy atom. The summed E-state index contributed by atoms with van der Waals surface area (Å²) in [6, 6.07) is 13.1. The van der Waals surface area contributed by atoms with Crippen molar-refractivity contribution in [3.8, 4) is 22.8 Å². The number of aryl methyl sites for hydroxylation is 1. The molecule has 0 N–H and O–H groups in total. The van der Waals surface area contributed by atoms with Crippen molar-refractivity contribution in [2.24, 2.45) is 0 Å². The van der Waals surface area contributed by atoms with Gasteiger partial charge in [0.25, 0.3) is 0 Å². The molecular formula is C23H26N2O4S2. The van der Waals surface area contributed by atoms with E-state index in [4.69, 9.17) is 14.5 Å². The van der Waals surface area contributed by atoms with Gasteiger partial charge in [0.1, 0.15) is 16.4 Å². The van der Waals surface area contributed by atoms with E-state index in [-0.39, 0.29) is 4.90 Å². The van der Waals surface area contributed by atoms with Crippen molar-refractivity contribution in [1.82, 2.24) is 4.98 Å². The van der Waals surface area contributed by atoms with E-state index in [0.29, 0.717) is 37.4 Å². The van der Waals surface area contributed by atoms with Gasteiger partial charge in [0.2, 0.25) is 0 Å². The van der Waals surface area contributed by atoms with Crippen LogP contribution in [-0.4, -0.2) is 46.0 Å². The van der Waals surface area contributed by atoms with Gasteiger partial charge < -0.3 is 14.4 Å². The molecule has 0 aliphatic carbocycles. The monoisotopic (exact) mass is 458 g/mol. The highest BCUT2D eigenvalue weighted by atomic mass is 32.2. The molecule has 31 heavy (non-hydrogen) atoms. The zero-order valence-electron chi connectivity index (χ0n) is 17.9. The Bertz CT molecular complexity index is 1170. The lowest BCUT2D eigenvalue weighted by Gasteiger charge is -2.31. The van der Waals surface area contributed by atoms with Crippen LogP contribution in [0.3, 0.4) is 0 Å². The van der Waals surface area contributed by atoms with E-state index in [9.17, 15) is 8.42 Å². The van der Waals surface area contributed by atoms with Gasteiger partial charge in [-0.3, -0.25) is 0 Å². The molecule has 2 heterocycles. The van der Waals surface area contributed by atoms with Crippen LogP contribution in [-0.2, 0) is 9.84 Å². The molecule has 0 radical (unpaired) electrons. The van der Waals surface area contributed by atoms with Crippen LogP contribution in [0, 0.1) is 6.92 Å². The molecule has 0 unspecified atom stereocenters. The van der Waals surface area contributed by atoms with Gasteiger partial charge in [-0.25, -0.2) is 13.4 Å². The van der Waals surface area contributed by atoms with Crippen LogP contribution in [0.25, 0.3) is 11.3 Å². The molecule has 164 valence electrons. The molecule has 2 aromatic carbocycles. The number of ether oxygens (including phenoxy) is 2. The fraction of sp³-hybridized carbons (Fsp3) is 0.348. The Morgan fingerprint density at radius 1 is 1.06 bits per heavy atom. The van der Waals surface area contributed by atoms with Gasteiger partial charge in [-0.1, -0.05) is 23.8 Å². The second-order valence-corrected chi connectivity index (χ2v) is 10.7. The van der Waals surface area contributed by atoms with Gasteiger partial charge in [0.05, 0.1) is 25.2 Å². The zero-order valence-corrected chi connectivity index (χ0v) is 19.5. The van der Waals surface area contributed by atoms with Gasteiger partial charge in [0, 0.05) is 30.1 Å². The largest absolute Gasteiger partial charge is 0.497 e. The highest BCUT2D eigenvalue weighted by Crippen LogP contribution is 2.35. The van der Waals surface area contributed by atoms with Gasteiger partial charge >= 0.3 is 0 Å². The molecule has 3 aromatic rings. The minimum absolute atomic E-state index is 0.227. The summed E-state index contributed by atoms with van der Waals surface area (Å²) in [5.74, 6) is 0.892. The van der Waals surface area contributed by atoms with Crippen LogP contribution in [0.4, 0.5) is 5.13 Å². The second-order valence-electron chi connectivity index (χ2n) is 7.63. The third kappa shape index (κ3) is 4.41. The van der Waals surface area contributed by atoms with E-state index in [2.05, 4.69) is 35.4 Å². The summed E-state index contributed by atoms with van der Waals surface area (Å²) in [4.78, 5) is 7.21. The quantitative estimate of drug-likeness (QED) is 0.539. The SMILES string of the molecule is COc1ccc(S(=O)(=O)C2CCN(c3nc(-c4cccc(C)c4)cs3)CC2)c(OC)c1. The minimum Gasteiger partial charge on any atom is -0.497 e. The number of anilines is 1. The lowest BCUT2D eigenvalue weighted by molar-refractivity contribution is 0.385. The Morgan fingerprint density at radius 2 is 1.84 bits per heavy atom. The average Bonchev–Trinajstić information content (AvgIpc) is 3.29. The predicted octanol–water partition coefficient (Wildman–Crippen LogP) is 4.58. The molecule has 1 fully saturated rings. The van der Waals surface area contributed by atoms with Crippen LogP contribution in [0.5, 0.6) is 11.5 Å². The zero-order chi connectivity index (χ0) is 22.0. The maximum atomic E-state index is 13.3. The lowest BCUT2D eigenvalue weighted by Crippen LogP contribution is -2.39. The number of nitrogens with zero attached hydrogens (tertiary/aromatic N) is 2. The van der Waals surface area contributed by atoms with Crippen LogP contribution in [0.1, 0.15) is 18.4 Å². The van der Waals surface area contributed by atoms with Gasteiger partial charge in [-0.15, -0.1) is 11.3 Å². The summed E-state index contributed by atoms with van der Waals surface area (Å²) in [5, 5.41) is 2.56. The Labute approximate surface area is 187 Å². The van der Waals surface area contributed by atoms with Crippen molar-refractivity contribution < 1.29 is 17.9 Å². The van der Waals surface area contributed by atoms with Crippen molar-refractivity contribution in [2.75, 3.05) is 32.2 Å². The van der Waals surface area contributed by atoms with E-state index in [0.717, 1.165) is 16.4 Å². The van der Waals surface area contributed by atoms with E-state index in [1.54, 1.807) is 36.6 Å². The molecule has 0 amide bonds. The van der Waals surface area contributed by atoms with Gasteiger partial charge in [-0.05, 0) is 38.0 Å². The number of thiazole rings is 1. The van der Waals surface area contributed by atoms with E-state index < -0.39 is 15.1 Å². The van der Waals surface area contributed by atoms with Gasteiger partial charge in [0.15, 0.2) is 15.0 Å². The molecule has 1 saturated heterocycles. The summed E-state index contributed by atoms with van der Waals surface area (Å²) >= 11 is 1.60. The number of methoxy groups -OCH3 is 2. The molecule has 0 bridgehead atoms. The first kappa shape index (κ1) is 21.6. The molecule has 1 aliphatic heterocycles. The summed E-state index contributed by atoms with van der Waals surface area (Å²) in [7, 11) is -0.482. The van der Waals surface area contributed by atoms with Crippen molar-refractivity contribution in [1.29, 1.82) is 0 Å². The number of aromatic nitrogens is 1. The summed E-state index contributed by atoms with van der Waals surface area (Å²) in [5.41, 5.74) is 3.26. The fourth-order valence-corrected chi connectivity index (χ4v) is 6.65. The number of rotatable bonds is 6. The summed E-state index contributed by atoms with van der Waals surface area (Å²) in [6.07, 6.45) is 1.10. The molecule has 8 heteroatoms. The van der Waals surface area contributed by atoms with Crippen LogP contribution in [0.15, 0.2) is 52.7 Å². The highest BCUT2D eigenvalue weighted by Gasteiger charge is 2.34. The molecular weight excluding hydrogens is 432 g/mol. The van der Waals surface area contributed by atoms with Crippen molar-refractivity contribution in [3.05, 3.63) is 53.4 Å². The molecule has 1 aliphatic rings. The average molecular weight is 459 g/mol. The third-order valence-electron chi connectivity index (χ3n) is 5.63. The number of piperidine rings is 1. The van der Waals surface area contributed by atoms with Crippen LogP contribution >= 0.6 is 11.3 Å². The van der Waals surface area contributed by atoms with E-state index in [1.165, 1.54) is 12.7 Å². The number of hydrogen-bond acceptors (Lipinski definition) is 7. The smallest absolute Gasteiger partial charge is 0.185 e. The Balaban J connectivity index is 1.48. The summed E-state index contributed by atoms with van der Waals surface area (Å²) < 4.78 is 37.1. The fourth-order valence-electron chi connectivity index (χ4n) is 3.89. The number of sulfone groups is 1. The molecule has 4 rings (SSSR count). The second kappa shape index (κ2) is 8.88. The van der Waals surface area contributed by atoms with Crippen LogP contribution in [0.2, 0.25) is 0 Å². The minimum atomic E-state index is -3.50.